The van der Waals surface area contributed by atoms with E-state index in [0.717, 1.165) is 28.7 Å². The minimum Gasteiger partial charge on any atom is -0.493 e. The molecule has 1 aliphatic rings. The Balaban J connectivity index is 1.40. The standard InChI is InChI=1S/C27H26N4O3S/c1-33-22-15-20-13-14-31(25(18-9-5-3-6-10-18)21(20)16-23(22)34-2)24(32)17-35-27-28-26(29-30-27)19-11-7-4-8-12-19/h3-12,15-16,25H,13-14,17H2,1-2H3,(H,28,29,30)/t25-/m0/s1. The number of nitrogens with zero attached hydrogens (tertiary/aromatic N) is 3. The topological polar surface area (TPSA) is 80.3 Å². The highest BCUT2D eigenvalue weighted by molar-refractivity contribution is 7.99. The number of amides is 1. The van der Waals surface area contributed by atoms with Gasteiger partial charge in [0.1, 0.15) is 0 Å². The first kappa shape index (κ1) is 23.0. The van der Waals surface area contributed by atoms with Gasteiger partial charge in [-0.25, -0.2) is 4.98 Å². The van der Waals surface area contributed by atoms with Crippen LogP contribution in [0.3, 0.4) is 0 Å². The van der Waals surface area contributed by atoms with E-state index >= 15 is 0 Å². The number of nitrogens with one attached hydrogen (secondary N) is 1. The zero-order valence-corrected chi connectivity index (χ0v) is 20.4. The van der Waals surface area contributed by atoms with Crippen LogP contribution in [0, 0.1) is 0 Å². The number of benzene rings is 3. The molecule has 0 unspecified atom stereocenters. The number of rotatable bonds is 7. The predicted molar refractivity (Wildman–Crippen MR) is 136 cm³/mol. The SMILES string of the molecule is COc1cc2c(cc1OC)[C@H](c1ccccc1)N(C(=O)CSc1n[nH]c(-c3ccccc3)n1)CC2. The molecule has 0 saturated heterocycles. The fourth-order valence-corrected chi connectivity index (χ4v) is 5.14. The van der Waals surface area contributed by atoms with Gasteiger partial charge < -0.3 is 14.4 Å². The van der Waals surface area contributed by atoms with Gasteiger partial charge in [-0.05, 0) is 35.2 Å². The third-order valence-electron chi connectivity index (χ3n) is 6.15. The Labute approximate surface area is 208 Å². The molecule has 0 spiro atoms. The molecule has 35 heavy (non-hydrogen) atoms. The Hall–Kier alpha value is -3.78. The fraction of sp³-hybridized carbons (Fsp3) is 0.222. The van der Waals surface area contributed by atoms with Crippen LogP contribution >= 0.6 is 11.8 Å². The molecule has 8 heteroatoms. The highest BCUT2D eigenvalue weighted by atomic mass is 32.2. The van der Waals surface area contributed by atoms with E-state index in [9.17, 15) is 4.79 Å². The molecule has 1 N–H and O–H groups in total. The van der Waals surface area contributed by atoms with Crippen molar-refractivity contribution in [3.63, 3.8) is 0 Å². The Morgan fingerprint density at radius 2 is 1.71 bits per heavy atom. The van der Waals surface area contributed by atoms with Gasteiger partial charge in [-0.3, -0.25) is 9.89 Å². The highest BCUT2D eigenvalue weighted by Crippen LogP contribution is 2.41. The van der Waals surface area contributed by atoms with Gasteiger partial charge in [0.05, 0.1) is 26.0 Å². The monoisotopic (exact) mass is 486 g/mol. The third kappa shape index (κ3) is 4.74. The Bertz CT molecular complexity index is 1310. The lowest BCUT2D eigenvalue weighted by Gasteiger charge is -2.38. The van der Waals surface area contributed by atoms with Crippen molar-refractivity contribution in [2.45, 2.75) is 17.6 Å². The normalized spacial score (nSPS) is 14.9. The summed E-state index contributed by atoms with van der Waals surface area (Å²) in [6.45, 7) is 0.616. The smallest absolute Gasteiger partial charge is 0.233 e. The molecule has 0 saturated carbocycles. The summed E-state index contributed by atoms with van der Waals surface area (Å²) in [4.78, 5) is 20.0. The fourth-order valence-electron chi connectivity index (χ4n) is 4.45. The summed E-state index contributed by atoms with van der Waals surface area (Å²) in [7, 11) is 3.27. The third-order valence-corrected chi connectivity index (χ3v) is 6.98. The van der Waals surface area contributed by atoms with Crippen molar-refractivity contribution in [3.8, 4) is 22.9 Å². The number of methoxy groups -OCH3 is 2. The van der Waals surface area contributed by atoms with E-state index in [1.165, 1.54) is 11.8 Å². The highest BCUT2D eigenvalue weighted by Gasteiger charge is 2.33. The van der Waals surface area contributed by atoms with Crippen LogP contribution in [-0.2, 0) is 11.2 Å². The Kier molecular flexibility index (Phi) is 6.72. The van der Waals surface area contributed by atoms with Gasteiger partial charge >= 0.3 is 0 Å². The quantitative estimate of drug-likeness (QED) is 0.380. The molecule has 1 aliphatic heterocycles. The maximum absolute atomic E-state index is 13.5. The van der Waals surface area contributed by atoms with Crippen LogP contribution in [0.2, 0.25) is 0 Å². The molecular weight excluding hydrogens is 460 g/mol. The molecule has 4 aromatic rings. The second kappa shape index (κ2) is 10.2. The van der Waals surface area contributed by atoms with Crippen molar-refractivity contribution in [3.05, 3.63) is 89.5 Å². The Morgan fingerprint density at radius 1 is 1.03 bits per heavy atom. The second-order valence-corrected chi connectivity index (χ2v) is 9.12. The zero-order valence-electron chi connectivity index (χ0n) is 19.6. The maximum Gasteiger partial charge on any atom is 0.233 e. The van der Waals surface area contributed by atoms with Gasteiger partial charge in [-0.2, -0.15) is 0 Å². The summed E-state index contributed by atoms with van der Waals surface area (Å²) >= 11 is 1.34. The molecule has 0 aliphatic carbocycles. The van der Waals surface area contributed by atoms with Crippen molar-refractivity contribution < 1.29 is 14.3 Å². The first-order chi connectivity index (χ1) is 17.2. The molecule has 7 nitrogen and oxygen atoms in total. The molecule has 0 fully saturated rings. The summed E-state index contributed by atoms with van der Waals surface area (Å²) in [6.07, 6.45) is 0.744. The van der Waals surface area contributed by atoms with Gasteiger partial charge in [0.15, 0.2) is 17.3 Å². The van der Waals surface area contributed by atoms with E-state index in [0.29, 0.717) is 29.0 Å². The molecule has 178 valence electrons. The number of carbonyl (C=O) groups excluding carboxylic acids is 1. The van der Waals surface area contributed by atoms with E-state index in [2.05, 4.69) is 27.3 Å². The number of thioether (sulfide) groups is 1. The summed E-state index contributed by atoms with van der Waals surface area (Å²) in [5.74, 6) is 2.33. The van der Waals surface area contributed by atoms with Crippen LogP contribution < -0.4 is 9.47 Å². The Morgan fingerprint density at radius 3 is 2.43 bits per heavy atom. The lowest BCUT2D eigenvalue weighted by molar-refractivity contribution is -0.130. The maximum atomic E-state index is 13.5. The van der Waals surface area contributed by atoms with Gasteiger partial charge in [0.25, 0.3) is 0 Å². The number of hydrogen-bond acceptors (Lipinski definition) is 6. The van der Waals surface area contributed by atoms with Crippen molar-refractivity contribution in [1.82, 2.24) is 20.1 Å². The van der Waals surface area contributed by atoms with Gasteiger partial charge in [0, 0.05) is 12.1 Å². The summed E-state index contributed by atoms with van der Waals surface area (Å²) < 4.78 is 11.1. The first-order valence-corrected chi connectivity index (χ1v) is 12.4. The van der Waals surface area contributed by atoms with Crippen LogP contribution in [0.1, 0.15) is 22.7 Å². The number of ether oxygens (including phenoxy) is 2. The van der Waals surface area contributed by atoms with Gasteiger partial charge in [0.2, 0.25) is 11.1 Å². The molecule has 0 bridgehead atoms. The van der Waals surface area contributed by atoms with E-state index in [-0.39, 0.29) is 17.7 Å². The summed E-state index contributed by atoms with van der Waals surface area (Å²) in [6, 6.07) is 23.7. The minimum absolute atomic E-state index is 0.0374. The van der Waals surface area contributed by atoms with Crippen molar-refractivity contribution in [1.29, 1.82) is 0 Å². The number of carbonyl (C=O) groups is 1. The first-order valence-electron chi connectivity index (χ1n) is 11.4. The van der Waals surface area contributed by atoms with E-state index in [1.54, 1.807) is 14.2 Å². The predicted octanol–water partition coefficient (Wildman–Crippen LogP) is 4.76. The van der Waals surface area contributed by atoms with E-state index in [4.69, 9.17) is 9.47 Å². The molecule has 1 amide bonds. The molecule has 3 aromatic carbocycles. The zero-order chi connectivity index (χ0) is 24.2. The van der Waals surface area contributed by atoms with Crippen LogP contribution in [0.4, 0.5) is 0 Å². The number of fused-ring (bicyclic) bond motifs is 1. The second-order valence-electron chi connectivity index (χ2n) is 8.18. The largest absolute Gasteiger partial charge is 0.493 e. The van der Waals surface area contributed by atoms with Crippen LogP contribution in [0.15, 0.2) is 78.0 Å². The lowest BCUT2D eigenvalue weighted by atomic mass is 9.87. The molecule has 0 radical (unpaired) electrons. The number of aromatic nitrogens is 3. The van der Waals surface area contributed by atoms with Crippen LogP contribution in [0.5, 0.6) is 11.5 Å². The van der Waals surface area contributed by atoms with Gasteiger partial charge in [-0.1, -0.05) is 72.4 Å². The molecule has 1 aromatic heterocycles. The van der Waals surface area contributed by atoms with Crippen molar-refractivity contribution >= 4 is 17.7 Å². The lowest BCUT2D eigenvalue weighted by Crippen LogP contribution is -2.41. The van der Waals surface area contributed by atoms with Gasteiger partial charge in [-0.15, -0.1) is 5.10 Å². The average Bonchev–Trinajstić information content (AvgIpc) is 3.40. The number of H-pyrrole nitrogens is 1. The van der Waals surface area contributed by atoms with Crippen LogP contribution in [-0.4, -0.2) is 52.5 Å². The van der Waals surface area contributed by atoms with Crippen molar-refractivity contribution in [2.75, 3.05) is 26.5 Å². The summed E-state index contributed by atoms with van der Waals surface area (Å²) in [5.41, 5.74) is 4.24. The van der Waals surface area contributed by atoms with E-state index < -0.39 is 0 Å². The van der Waals surface area contributed by atoms with Crippen LogP contribution in [0.25, 0.3) is 11.4 Å². The molecule has 2 heterocycles. The number of aromatic amines is 1. The van der Waals surface area contributed by atoms with E-state index in [1.807, 2.05) is 65.6 Å². The molecule has 1 atom stereocenters. The molecule has 5 rings (SSSR count). The molecular formula is C27H26N4O3S. The minimum atomic E-state index is -0.208. The summed E-state index contributed by atoms with van der Waals surface area (Å²) in [5, 5.41) is 7.81. The number of hydrogen-bond donors (Lipinski definition) is 1. The average molecular weight is 487 g/mol. The van der Waals surface area contributed by atoms with Crippen molar-refractivity contribution in [2.24, 2.45) is 0 Å².